The molecule has 0 radical (unpaired) electrons. The van der Waals surface area contributed by atoms with Crippen LogP contribution in [0.5, 0.6) is 5.88 Å². The number of alkyl halides is 3. The van der Waals surface area contributed by atoms with E-state index in [2.05, 4.69) is 26.4 Å². The highest BCUT2D eigenvalue weighted by Gasteiger charge is 2.28. The SMILES string of the molecule is Cc1cccc2c1[C@H](NC(=O)NCc1ccnc(OCC(F)(F)F)c1)CC2. The van der Waals surface area contributed by atoms with E-state index >= 15 is 0 Å². The highest BCUT2D eigenvalue weighted by Crippen LogP contribution is 2.33. The van der Waals surface area contributed by atoms with Crippen LogP contribution in [0.4, 0.5) is 18.0 Å². The summed E-state index contributed by atoms with van der Waals surface area (Å²) >= 11 is 0. The van der Waals surface area contributed by atoms with Gasteiger partial charge in [-0.05, 0) is 48.1 Å². The molecule has 8 heteroatoms. The van der Waals surface area contributed by atoms with Gasteiger partial charge in [-0.1, -0.05) is 18.2 Å². The monoisotopic (exact) mass is 379 g/mol. The predicted molar refractivity (Wildman–Crippen MR) is 93.4 cm³/mol. The van der Waals surface area contributed by atoms with Crippen molar-refractivity contribution in [3.8, 4) is 5.88 Å². The third-order valence-electron chi connectivity index (χ3n) is 4.41. The normalized spacial score (nSPS) is 15.9. The lowest BCUT2D eigenvalue weighted by Crippen LogP contribution is -2.37. The molecule has 1 aliphatic rings. The highest BCUT2D eigenvalue weighted by molar-refractivity contribution is 5.74. The molecule has 0 saturated heterocycles. The largest absolute Gasteiger partial charge is 0.468 e. The van der Waals surface area contributed by atoms with Crippen LogP contribution in [0.2, 0.25) is 0 Å². The molecule has 1 aromatic carbocycles. The number of nitrogens with one attached hydrogen (secondary N) is 2. The van der Waals surface area contributed by atoms with Crippen molar-refractivity contribution in [1.82, 2.24) is 15.6 Å². The second kappa shape index (κ2) is 7.85. The molecule has 0 unspecified atom stereocenters. The van der Waals surface area contributed by atoms with Crippen molar-refractivity contribution in [3.05, 3.63) is 58.8 Å². The minimum absolute atomic E-state index is 0.0377. The van der Waals surface area contributed by atoms with Gasteiger partial charge in [-0.3, -0.25) is 0 Å². The summed E-state index contributed by atoms with van der Waals surface area (Å²) < 4.78 is 41.2. The summed E-state index contributed by atoms with van der Waals surface area (Å²) in [6, 6.07) is 8.72. The molecule has 2 N–H and O–H groups in total. The summed E-state index contributed by atoms with van der Waals surface area (Å²) in [7, 11) is 0. The average molecular weight is 379 g/mol. The van der Waals surface area contributed by atoms with Crippen molar-refractivity contribution < 1.29 is 22.7 Å². The van der Waals surface area contributed by atoms with Crippen molar-refractivity contribution in [1.29, 1.82) is 0 Å². The van der Waals surface area contributed by atoms with E-state index in [1.807, 2.05) is 19.1 Å². The Bertz CT molecular complexity index is 824. The molecule has 0 aliphatic heterocycles. The first-order chi connectivity index (χ1) is 12.8. The molecule has 5 nitrogen and oxygen atoms in total. The molecule has 1 atom stereocenters. The number of benzene rings is 1. The van der Waals surface area contributed by atoms with Gasteiger partial charge in [-0.25, -0.2) is 9.78 Å². The van der Waals surface area contributed by atoms with Crippen LogP contribution in [0.3, 0.4) is 0 Å². The number of hydrogen-bond acceptors (Lipinski definition) is 3. The Kier molecular flexibility index (Phi) is 5.53. The summed E-state index contributed by atoms with van der Waals surface area (Å²) in [5.41, 5.74) is 4.16. The number of aromatic nitrogens is 1. The van der Waals surface area contributed by atoms with E-state index < -0.39 is 12.8 Å². The van der Waals surface area contributed by atoms with Gasteiger partial charge in [-0.15, -0.1) is 0 Å². The molecule has 2 aromatic rings. The highest BCUT2D eigenvalue weighted by atomic mass is 19.4. The van der Waals surface area contributed by atoms with Gasteiger partial charge >= 0.3 is 12.2 Å². The number of nitrogens with zero attached hydrogens (tertiary/aromatic N) is 1. The number of aryl methyl sites for hydroxylation is 2. The van der Waals surface area contributed by atoms with Gasteiger partial charge in [0, 0.05) is 18.8 Å². The van der Waals surface area contributed by atoms with Crippen LogP contribution in [-0.4, -0.2) is 23.8 Å². The number of amides is 2. The van der Waals surface area contributed by atoms with Gasteiger partial charge in [0.1, 0.15) is 0 Å². The van der Waals surface area contributed by atoms with Gasteiger partial charge in [0.05, 0.1) is 6.04 Å². The van der Waals surface area contributed by atoms with E-state index in [1.54, 1.807) is 6.07 Å². The molecule has 1 heterocycles. The predicted octanol–water partition coefficient (Wildman–Crippen LogP) is 3.82. The van der Waals surface area contributed by atoms with Crippen molar-refractivity contribution in [3.63, 3.8) is 0 Å². The quantitative estimate of drug-likeness (QED) is 0.830. The Labute approximate surface area is 154 Å². The number of ether oxygens (including phenoxy) is 1. The Hall–Kier alpha value is -2.77. The number of pyridine rings is 1. The molecule has 0 bridgehead atoms. The van der Waals surface area contributed by atoms with Gasteiger partial charge in [-0.2, -0.15) is 13.2 Å². The number of halogens is 3. The number of rotatable bonds is 5. The molecule has 2 amide bonds. The first kappa shape index (κ1) is 19.0. The zero-order valence-electron chi connectivity index (χ0n) is 14.8. The third-order valence-corrected chi connectivity index (χ3v) is 4.41. The van der Waals surface area contributed by atoms with Crippen LogP contribution in [0.1, 0.15) is 34.7 Å². The Morgan fingerprint density at radius 1 is 1.33 bits per heavy atom. The van der Waals surface area contributed by atoms with Crippen molar-refractivity contribution in [2.45, 2.75) is 38.5 Å². The zero-order valence-corrected chi connectivity index (χ0v) is 14.8. The summed E-state index contributed by atoms with van der Waals surface area (Å²) in [5.74, 6) is -0.132. The second-order valence-electron chi connectivity index (χ2n) is 6.47. The van der Waals surface area contributed by atoms with Gasteiger partial charge in [0.25, 0.3) is 0 Å². The minimum atomic E-state index is -4.43. The molecule has 1 aromatic heterocycles. The molecule has 1 aliphatic carbocycles. The van der Waals surface area contributed by atoms with E-state index in [0.29, 0.717) is 5.56 Å². The van der Waals surface area contributed by atoms with Crippen molar-refractivity contribution >= 4 is 6.03 Å². The van der Waals surface area contributed by atoms with Crippen molar-refractivity contribution in [2.24, 2.45) is 0 Å². The van der Waals surface area contributed by atoms with Crippen LogP contribution in [0, 0.1) is 6.92 Å². The minimum Gasteiger partial charge on any atom is -0.468 e. The van der Waals surface area contributed by atoms with E-state index in [4.69, 9.17) is 0 Å². The lowest BCUT2D eigenvalue weighted by Gasteiger charge is -2.17. The maximum Gasteiger partial charge on any atom is 0.422 e. The fourth-order valence-corrected chi connectivity index (χ4v) is 3.23. The number of carbonyl (C=O) groups excluding carboxylic acids is 1. The van der Waals surface area contributed by atoms with Crippen LogP contribution in [-0.2, 0) is 13.0 Å². The van der Waals surface area contributed by atoms with E-state index in [0.717, 1.165) is 18.4 Å². The lowest BCUT2D eigenvalue weighted by molar-refractivity contribution is -0.154. The summed E-state index contributed by atoms with van der Waals surface area (Å²) in [4.78, 5) is 16.0. The standard InChI is InChI=1S/C19H20F3N3O2/c1-12-3-2-4-14-5-6-15(17(12)14)25-18(26)24-10-13-7-8-23-16(9-13)27-11-19(20,21)22/h2-4,7-9,15H,5-6,10-11H2,1H3,(H2,24,25,26)/t15-/m1/s1. The molecule has 27 heavy (non-hydrogen) atoms. The molecular formula is C19H20F3N3O2. The number of urea groups is 1. The fraction of sp³-hybridized carbons (Fsp3) is 0.368. The fourth-order valence-electron chi connectivity index (χ4n) is 3.23. The molecule has 0 fully saturated rings. The van der Waals surface area contributed by atoms with E-state index in [1.165, 1.54) is 23.4 Å². The lowest BCUT2D eigenvalue weighted by atomic mass is 10.0. The average Bonchev–Trinajstić information content (AvgIpc) is 3.02. The molecular weight excluding hydrogens is 359 g/mol. The summed E-state index contributed by atoms with van der Waals surface area (Å²) in [5, 5.41) is 5.68. The number of carbonyl (C=O) groups is 1. The maximum absolute atomic E-state index is 12.2. The van der Waals surface area contributed by atoms with Crippen LogP contribution in [0.15, 0.2) is 36.5 Å². The summed E-state index contributed by atoms with van der Waals surface area (Å²) in [6.07, 6.45) is -1.31. The smallest absolute Gasteiger partial charge is 0.422 e. The molecule has 144 valence electrons. The Morgan fingerprint density at radius 2 is 2.15 bits per heavy atom. The van der Waals surface area contributed by atoms with Crippen molar-refractivity contribution in [2.75, 3.05) is 6.61 Å². The molecule has 3 rings (SSSR count). The second-order valence-corrected chi connectivity index (χ2v) is 6.47. The van der Waals surface area contributed by atoms with Crippen LogP contribution < -0.4 is 15.4 Å². The zero-order chi connectivity index (χ0) is 19.4. The van der Waals surface area contributed by atoms with E-state index in [-0.39, 0.29) is 24.5 Å². The van der Waals surface area contributed by atoms with E-state index in [9.17, 15) is 18.0 Å². The number of fused-ring (bicyclic) bond motifs is 1. The van der Waals surface area contributed by atoms with Gasteiger partial charge in [0.2, 0.25) is 5.88 Å². The third kappa shape index (κ3) is 5.12. The topological polar surface area (TPSA) is 63.2 Å². The maximum atomic E-state index is 12.2. The van der Waals surface area contributed by atoms with Gasteiger partial charge < -0.3 is 15.4 Å². The number of hydrogen-bond donors (Lipinski definition) is 2. The molecule has 0 saturated carbocycles. The van der Waals surface area contributed by atoms with Crippen LogP contribution >= 0.6 is 0 Å². The summed E-state index contributed by atoms with van der Waals surface area (Å²) in [6.45, 7) is 0.776. The first-order valence-corrected chi connectivity index (χ1v) is 8.59. The van der Waals surface area contributed by atoms with Gasteiger partial charge in [0.15, 0.2) is 6.61 Å². The Balaban J connectivity index is 1.53. The van der Waals surface area contributed by atoms with Crippen LogP contribution in [0.25, 0.3) is 0 Å². The Morgan fingerprint density at radius 3 is 2.93 bits per heavy atom. The first-order valence-electron chi connectivity index (χ1n) is 8.59. The molecule has 0 spiro atoms.